The van der Waals surface area contributed by atoms with Crippen molar-refractivity contribution in [1.82, 2.24) is 5.32 Å². The third-order valence-electron chi connectivity index (χ3n) is 4.74. The molecule has 6 heteroatoms. The maximum atomic E-state index is 12.3. The first-order valence-corrected chi connectivity index (χ1v) is 10.7. The number of amides is 1. The second kappa shape index (κ2) is 7.44. The molecule has 1 amide bonds. The van der Waals surface area contributed by atoms with Crippen LogP contribution in [0.1, 0.15) is 48.2 Å². The Morgan fingerprint density at radius 3 is 2.19 bits per heavy atom. The van der Waals surface area contributed by atoms with Crippen molar-refractivity contribution >= 4 is 15.7 Å². The molecule has 5 nitrogen and oxygen atoms in total. The molecule has 144 valence electrons. The van der Waals surface area contributed by atoms with Gasteiger partial charge in [-0.3, -0.25) is 4.79 Å². The van der Waals surface area contributed by atoms with Gasteiger partial charge in [0.1, 0.15) is 0 Å². The van der Waals surface area contributed by atoms with Gasteiger partial charge in [-0.2, -0.15) is 0 Å². The van der Waals surface area contributed by atoms with Crippen molar-refractivity contribution in [1.29, 1.82) is 0 Å². The first kappa shape index (κ1) is 19.6. The van der Waals surface area contributed by atoms with Crippen molar-refractivity contribution in [3.8, 4) is 0 Å². The Labute approximate surface area is 160 Å². The van der Waals surface area contributed by atoms with Crippen LogP contribution in [-0.2, 0) is 22.0 Å². The summed E-state index contributed by atoms with van der Waals surface area (Å²) in [6.07, 6.45) is 2.00. The van der Waals surface area contributed by atoms with E-state index in [-0.39, 0.29) is 11.7 Å². The molecule has 1 fully saturated rings. The van der Waals surface area contributed by atoms with Crippen LogP contribution in [0.2, 0.25) is 0 Å². The van der Waals surface area contributed by atoms with Crippen LogP contribution in [0.15, 0.2) is 53.4 Å². The molecule has 0 aromatic heterocycles. The Hall–Kier alpha value is -2.18. The van der Waals surface area contributed by atoms with Crippen molar-refractivity contribution < 1.29 is 18.3 Å². The third kappa shape index (κ3) is 5.17. The van der Waals surface area contributed by atoms with E-state index < -0.39 is 15.4 Å². The molecular formula is C21H25NO4S. The molecule has 0 radical (unpaired) electrons. The predicted octanol–water partition coefficient (Wildman–Crippen LogP) is 3.03. The van der Waals surface area contributed by atoms with Crippen molar-refractivity contribution in [2.45, 2.75) is 43.7 Å². The average molecular weight is 388 g/mol. The van der Waals surface area contributed by atoms with E-state index >= 15 is 0 Å². The van der Waals surface area contributed by atoms with Gasteiger partial charge in [-0.1, -0.05) is 24.3 Å². The van der Waals surface area contributed by atoms with E-state index in [1.165, 1.54) is 0 Å². The highest BCUT2D eigenvalue weighted by Gasteiger charge is 2.28. The molecule has 0 heterocycles. The predicted molar refractivity (Wildman–Crippen MR) is 104 cm³/mol. The SMILES string of the molecule is CC(C)(O)c1ccc(C(=O)NCc2ccc(S(=O)(=O)CC3CC3)cc2)cc1. The molecule has 1 aliphatic carbocycles. The van der Waals surface area contributed by atoms with Gasteiger partial charge in [-0.25, -0.2) is 8.42 Å². The molecule has 27 heavy (non-hydrogen) atoms. The largest absolute Gasteiger partial charge is 0.386 e. The fraction of sp³-hybridized carbons (Fsp3) is 0.381. The molecule has 1 aliphatic rings. The van der Waals surface area contributed by atoms with Gasteiger partial charge in [-0.15, -0.1) is 0 Å². The minimum Gasteiger partial charge on any atom is -0.386 e. The molecule has 0 aliphatic heterocycles. The quantitative estimate of drug-likeness (QED) is 0.765. The number of rotatable bonds is 7. The fourth-order valence-corrected chi connectivity index (χ4v) is 4.52. The van der Waals surface area contributed by atoms with Crippen LogP contribution in [0.4, 0.5) is 0 Å². The minimum absolute atomic E-state index is 0.220. The minimum atomic E-state index is -3.21. The average Bonchev–Trinajstić information content (AvgIpc) is 3.42. The number of carbonyl (C=O) groups is 1. The van der Waals surface area contributed by atoms with Crippen molar-refractivity contribution in [2.75, 3.05) is 5.75 Å². The first-order chi connectivity index (χ1) is 12.6. The van der Waals surface area contributed by atoms with Gasteiger partial charge in [-0.05, 0) is 68.0 Å². The molecule has 0 unspecified atom stereocenters. The van der Waals surface area contributed by atoms with E-state index in [1.807, 2.05) is 0 Å². The number of aliphatic hydroxyl groups is 1. The fourth-order valence-electron chi connectivity index (χ4n) is 2.82. The van der Waals surface area contributed by atoms with Crippen LogP contribution in [-0.4, -0.2) is 25.2 Å². The summed E-state index contributed by atoms with van der Waals surface area (Å²) in [5, 5.41) is 12.8. The van der Waals surface area contributed by atoms with Crippen LogP contribution >= 0.6 is 0 Å². The number of nitrogens with one attached hydrogen (secondary N) is 1. The first-order valence-electron chi connectivity index (χ1n) is 9.08. The Kier molecular flexibility index (Phi) is 5.40. The lowest BCUT2D eigenvalue weighted by Gasteiger charge is -2.17. The normalized spacial score (nSPS) is 14.8. The van der Waals surface area contributed by atoms with Crippen molar-refractivity contribution in [2.24, 2.45) is 5.92 Å². The molecule has 0 atom stereocenters. The Bertz CT molecular complexity index is 906. The van der Waals surface area contributed by atoms with Crippen LogP contribution in [0, 0.1) is 5.92 Å². The highest BCUT2D eigenvalue weighted by Crippen LogP contribution is 2.32. The molecule has 0 saturated heterocycles. The van der Waals surface area contributed by atoms with Gasteiger partial charge in [0.2, 0.25) is 0 Å². The number of hydrogen-bond acceptors (Lipinski definition) is 4. The zero-order valence-electron chi connectivity index (χ0n) is 15.6. The summed E-state index contributed by atoms with van der Waals surface area (Å²) in [5.74, 6) is 0.323. The highest BCUT2D eigenvalue weighted by molar-refractivity contribution is 7.91. The third-order valence-corrected chi connectivity index (χ3v) is 6.64. The summed E-state index contributed by atoms with van der Waals surface area (Å²) in [7, 11) is -3.21. The maximum absolute atomic E-state index is 12.3. The van der Waals surface area contributed by atoms with E-state index in [2.05, 4.69) is 5.32 Å². The number of sulfone groups is 1. The van der Waals surface area contributed by atoms with Crippen LogP contribution in [0.5, 0.6) is 0 Å². The van der Waals surface area contributed by atoms with Crippen LogP contribution in [0.25, 0.3) is 0 Å². The van der Waals surface area contributed by atoms with Gasteiger partial charge in [0.25, 0.3) is 5.91 Å². The van der Waals surface area contributed by atoms with Crippen molar-refractivity contribution in [3.05, 3.63) is 65.2 Å². The molecule has 0 bridgehead atoms. The summed E-state index contributed by atoms with van der Waals surface area (Å²) in [6, 6.07) is 13.5. The van der Waals surface area contributed by atoms with E-state index in [9.17, 15) is 18.3 Å². The number of hydrogen-bond donors (Lipinski definition) is 2. The molecule has 2 aromatic carbocycles. The Morgan fingerprint density at radius 1 is 1.07 bits per heavy atom. The number of carbonyl (C=O) groups excluding carboxylic acids is 1. The van der Waals surface area contributed by atoms with Crippen LogP contribution < -0.4 is 5.32 Å². The molecule has 1 saturated carbocycles. The zero-order valence-corrected chi connectivity index (χ0v) is 16.4. The van der Waals surface area contributed by atoms with Gasteiger partial charge >= 0.3 is 0 Å². The van der Waals surface area contributed by atoms with Crippen molar-refractivity contribution in [3.63, 3.8) is 0 Å². The highest BCUT2D eigenvalue weighted by atomic mass is 32.2. The second-order valence-electron chi connectivity index (χ2n) is 7.69. The molecule has 2 aromatic rings. The standard InChI is InChI=1S/C21H25NO4S/c1-21(2,24)18-9-7-17(8-10-18)20(23)22-13-15-5-11-19(12-6-15)27(25,26)14-16-3-4-16/h5-12,16,24H,3-4,13-14H2,1-2H3,(H,22,23). The summed E-state index contributed by atoms with van der Waals surface area (Å²) in [5.41, 5.74) is 1.13. The van der Waals surface area contributed by atoms with E-state index in [1.54, 1.807) is 62.4 Å². The lowest BCUT2D eigenvalue weighted by molar-refractivity contribution is 0.0784. The number of benzene rings is 2. The van der Waals surface area contributed by atoms with E-state index in [4.69, 9.17) is 0 Å². The van der Waals surface area contributed by atoms with E-state index in [0.717, 1.165) is 24.0 Å². The zero-order chi connectivity index (χ0) is 19.7. The van der Waals surface area contributed by atoms with Gasteiger partial charge in [0.15, 0.2) is 9.84 Å². The molecular weight excluding hydrogens is 362 g/mol. The molecule has 2 N–H and O–H groups in total. The summed E-state index contributed by atoms with van der Waals surface area (Å²) in [6.45, 7) is 3.70. The maximum Gasteiger partial charge on any atom is 0.251 e. The Morgan fingerprint density at radius 2 is 1.67 bits per heavy atom. The second-order valence-corrected chi connectivity index (χ2v) is 9.72. The molecule has 3 rings (SSSR count). The lowest BCUT2D eigenvalue weighted by atomic mass is 9.97. The van der Waals surface area contributed by atoms with Gasteiger partial charge in [0, 0.05) is 12.1 Å². The topological polar surface area (TPSA) is 83.5 Å². The lowest BCUT2D eigenvalue weighted by Crippen LogP contribution is -2.23. The summed E-state index contributed by atoms with van der Waals surface area (Å²) < 4.78 is 24.5. The molecule has 0 spiro atoms. The van der Waals surface area contributed by atoms with E-state index in [0.29, 0.717) is 22.9 Å². The van der Waals surface area contributed by atoms with Crippen LogP contribution in [0.3, 0.4) is 0 Å². The monoisotopic (exact) mass is 387 g/mol. The summed E-state index contributed by atoms with van der Waals surface area (Å²) >= 11 is 0. The summed E-state index contributed by atoms with van der Waals surface area (Å²) in [4.78, 5) is 12.6. The van der Waals surface area contributed by atoms with Gasteiger partial charge in [0.05, 0.1) is 16.2 Å². The smallest absolute Gasteiger partial charge is 0.251 e. The van der Waals surface area contributed by atoms with Gasteiger partial charge < -0.3 is 10.4 Å². The Balaban J connectivity index is 1.58.